The van der Waals surface area contributed by atoms with Crippen molar-refractivity contribution < 1.29 is 18.7 Å². The van der Waals surface area contributed by atoms with Crippen LogP contribution in [0, 0.1) is 5.82 Å². The van der Waals surface area contributed by atoms with Gasteiger partial charge in [-0.25, -0.2) is 9.37 Å². The van der Waals surface area contributed by atoms with E-state index in [0.29, 0.717) is 66.3 Å². The fraction of sp³-hybridized carbons (Fsp3) is 0.300. The summed E-state index contributed by atoms with van der Waals surface area (Å²) >= 11 is 0. The summed E-state index contributed by atoms with van der Waals surface area (Å²) in [5, 5.41) is 0.482. The number of hydrogen-bond acceptors (Lipinski definition) is 5. The van der Waals surface area contributed by atoms with Crippen LogP contribution >= 0.6 is 0 Å². The van der Waals surface area contributed by atoms with Crippen LogP contribution in [-0.2, 0) is 4.74 Å². The molecule has 3 aromatic carbocycles. The number of benzene rings is 3. The number of nitrogens with zero attached hydrogens (tertiary/aromatic N) is 3. The van der Waals surface area contributed by atoms with E-state index in [1.165, 1.54) is 24.3 Å². The van der Waals surface area contributed by atoms with Crippen LogP contribution in [0.2, 0.25) is 0 Å². The first-order chi connectivity index (χ1) is 18.5. The Morgan fingerprint density at radius 2 is 1.74 bits per heavy atom. The van der Waals surface area contributed by atoms with Crippen LogP contribution in [0.1, 0.15) is 48.9 Å². The van der Waals surface area contributed by atoms with E-state index in [1.807, 2.05) is 44.2 Å². The number of rotatable bonds is 11. The minimum atomic E-state index is -0.534. The van der Waals surface area contributed by atoms with Crippen molar-refractivity contribution in [3.05, 3.63) is 100 Å². The molecule has 0 fully saturated rings. The molecule has 0 aliphatic carbocycles. The maximum atomic E-state index is 13.9. The zero-order chi connectivity index (χ0) is 27.1. The minimum Gasteiger partial charge on any atom is -0.494 e. The summed E-state index contributed by atoms with van der Waals surface area (Å²) in [6.07, 6.45) is 1.09. The Hall–Kier alpha value is -4.04. The molecule has 0 aliphatic rings. The topological polar surface area (TPSA) is 73.7 Å². The lowest BCUT2D eigenvalue weighted by molar-refractivity contribution is 0.0634. The van der Waals surface area contributed by atoms with E-state index in [4.69, 9.17) is 14.5 Å². The van der Waals surface area contributed by atoms with Gasteiger partial charge in [0.1, 0.15) is 17.4 Å². The lowest BCUT2D eigenvalue weighted by atomic mass is 10.1. The quantitative estimate of drug-likeness (QED) is 0.244. The molecule has 1 heterocycles. The van der Waals surface area contributed by atoms with Gasteiger partial charge in [-0.15, -0.1) is 0 Å². The fourth-order valence-electron chi connectivity index (χ4n) is 4.56. The molecule has 0 radical (unpaired) electrons. The fourth-order valence-corrected chi connectivity index (χ4v) is 4.56. The second-order valence-corrected chi connectivity index (χ2v) is 8.83. The molecule has 4 aromatic rings. The first kappa shape index (κ1) is 27.0. The Morgan fingerprint density at radius 1 is 1.03 bits per heavy atom. The maximum absolute atomic E-state index is 13.9. The highest BCUT2D eigenvalue weighted by atomic mass is 19.1. The molecule has 0 saturated carbocycles. The molecule has 0 spiro atoms. The largest absolute Gasteiger partial charge is 0.494 e. The Kier molecular flexibility index (Phi) is 8.86. The van der Waals surface area contributed by atoms with Crippen molar-refractivity contribution in [2.75, 3.05) is 26.9 Å². The van der Waals surface area contributed by atoms with Gasteiger partial charge >= 0.3 is 0 Å². The SMILES string of the molecule is CCOc1ccc(-n2c(C(CC)N(CCCOC)C(=O)c3ccc(F)cc3)nc3ccccc3c2=O)cc1. The third-order valence-corrected chi connectivity index (χ3v) is 6.37. The normalized spacial score (nSPS) is 11.9. The molecular weight excluding hydrogens is 485 g/mol. The monoisotopic (exact) mass is 517 g/mol. The van der Waals surface area contributed by atoms with E-state index < -0.39 is 11.9 Å². The first-order valence-corrected chi connectivity index (χ1v) is 12.8. The molecule has 0 bridgehead atoms. The zero-order valence-electron chi connectivity index (χ0n) is 21.9. The summed E-state index contributed by atoms with van der Waals surface area (Å²) in [4.78, 5) is 34.3. The summed E-state index contributed by atoms with van der Waals surface area (Å²) in [5.41, 5.74) is 1.31. The highest BCUT2D eigenvalue weighted by molar-refractivity contribution is 5.94. The first-order valence-electron chi connectivity index (χ1n) is 12.8. The van der Waals surface area contributed by atoms with Gasteiger partial charge in [0.15, 0.2) is 0 Å². The molecule has 198 valence electrons. The van der Waals surface area contributed by atoms with Gasteiger partial charge in [-0.1, -0.05) is 19.1 Å². The van der Waals surface area contributed by atoms with Crippen LogP contribution < -0.4 is 10.3 Å². The Labute approximate surface area is 221 Å². The molecule has 1 aromatic heterocycles. The summed E-state index contributed by atoms with van der Waals surface area (Å²) in [6, 6.07) is 19.4. The van der Waals surface area contributed by atoms with Crippen molar-refractivity contribution in [1.29, 1.82) is 0 Å². The van der Waals surface area contributed by atoms with Crippen molar-refractivity contribution in [2.45, 2.75) is 32.7 Å². The standard InChI is InChI=1S/C30H32FN3O4/c1-4-27(33(19-8-20-37-3)29(35)21-11-13-22(31)14-12-21)28-32-26-10-7-6-9-25(26)30(36)34(28)23-15-17-24(18-16-23)38-5-2/h6-7,9-18,27H,4-5,8,19-20H2,1-3H3. The molecule has 8 heteroatoms. The van der Waals surface area contributed by atoms with Crippen molar-refractivity contribution >= 4 is 16.8 Å². The van der Waals surface area contributed by atoms with E-state index in [1.54, 1.807) is 34.8 Å². The molecule has 0 N–H and O–H groups in total. The average Bonchev–Trinajstić information content (AvgIpc) is 2.94. The highest BCUT2D eigenvalue weighted by Crippen LogP contribution is 2.28. The number of methoxy groups -OCH3 is 1. The number of halogens is 1. The summed E-state index contributed by atoms with van der Waals surface area (Å²) < 4.78 is 26.0. The predicted molar refractivity (Wildman–Crippen MR) is 145 cm³/mol. The second-order valence-electron chi connectivity index (χ2n) is 8.83. The summed E-state index contributed by atoms with van der Waals surface area (Å²) in [5.74, 6) is 0.459. The zero-order valence-corrected chi connectivity index (χ0v) is 21.9. The van der Waals surface area contributed by atoms with Crippen molar-refractivity contribution in [3.8, 4) is 11.4 Å². The van der Waals surface area contributed by atoms with E-state index in [2.05, 4.69) is 0 Å². The van der Waals surface area contributed by atoms with Crippen molar-refractivity contribution in [2.24, 2.45) is 0 Å². The maximum Gasteiger partial charge on any atom is 0.266 e. The van der Waals surface area contributed by atoms with E-state index in [9.17, 15) is 14.0 Å². The number of aromatic nitrogens is 2. The predicted octanol–water partition coefficient (Wildman–Crippen LogP) is 5.55. The van der Waals surface area contributed by atoms with Gasteiger partial charge in [0, 0.05) is 25.8 Å². The number of amides is 1. The summed E-state index contributed by atoms with van der Waals surface area (Å²) in [6.45, 7) is 5.22. The highest BCUT2D eigenvalue weighted by Gasteiger charge is 2.29. The number of hydrogen-bond donors (Lipinski definition) is 0. The molecule has 1 amide bonds. The van der Waals surface area contributed by atoms with E-state index in [-0.39, 0.29) is 11.5 Å². The third kappa shape index (κ3) is 5.75. The molecule has 0 saturated heterocycles. The molecular formula is C30H32FN3O4. The second kappa shape index (κ2) is 12.5. The lowest BCUT2D eigenvalue weighted by Crippen LogP contribution is -2.39. The van der Waals surface area contributed by atoms with Gasteiger partial charge < -0.3 is 14.4 Å². The van der Waals surface area contributed by atoms with Crippen LogP contribution in [0.3, 0.4) is 0 Å². The number of fused-ring (bicyclic) bond motifs is 1. The Bertz CT molecular complexity index is 1440. The molecule has 38 heavy (non-hydrogen) atoms. The third-order valence-electron chi connectivity index (χ3n) is 6.37. The van der Waals surface area contributed by atoms with Gasteiger partial charge in [-0.2, -0.15) is 0 Å². The molecule has 0 aliphatic heterocycles. The minimum absolute atomic E-state index is 0.223. The van der Waals surface area contributed by atoms with E-state index in [0.717, 1.165) is 0 Å². The molecule has 1 unspecified atom stereocenters. The van der Waals surface area contributed by atoms with Crippen molar-refractivity contribution in [1.82, 2.24) is 14.5 Å². The lowest BCUT2D eigenvalue weighted by Gasteiger charge is -2.32. The Morgan fingerprint density at radius 3 is 2.39 bits per heavy atom. The Balaban J connectivity index is 1.89. The van der Waals surface area contributed by atoms with Crippen LogP contribution in [0.25, 0.3) is 16.6 Å². The number of carbonyl (C=O) groups is 1. The van der Waals surface area contributed by atoms with Crippen LogP contribution in [-0.4, -0.2) is 47.2 Å². The molecule has 7 nitrogen and oxygen atoms in total. The number of para-hydroxylation sites is 1. The van der Waals surface area contributed by atoms with E-state index >= 15 is 0 Å². The van der Waals surface area contributed by atoms with Crippen LogP contribution in [0.4, 0.5) is 4.39 Å². The van der Waals surface area contributed by atoms with Gasteiger partial charge in [-0.3, -0.25) is 14.2 Å². The van der Waals surface area contributed by atoms with Gasteiger partial charge in [0.2, 0.25) is 0 Å². The number of ether oxygens (including phenoxy) is 2. The van der Waals surface area contributed by atoms with Gasteiger partial charge in [0.05, 0.1) is 29.2 Å². The average molecular weight is 518 g/mol. The van der Waals surface area contributed by atoms with Gasteiger partial charge in [-0.05, 0) is 80.4 Å². The van der Waals surface area contributed by atoms with Crippen molar-refractivity contribution in [3.63, 3.8) is 0 Å². The molecule has 4 rings (SSSR count). The summed E-state index contributed by atoms with van der Waals surface area (Å²) in [7, 11) is 1.61. The molecule has 1 atom stereocenters. The van der Waals surface area contributed by atoms with Crippen LogP contribution in [0.15, 0.2) is 77.6 Å². The smallest absolute Gasteiger partial charge is 0.266 e. The number of carbonyl (C=O) groups excluding carboxylic acids is 1. The van der Waals surface area contributed by atoms with Crippen LogP contribution in [0.5, 0.6) is 5.75 Å². The van der Waals surface area contributed by atoms with Gasteiger partial charge in [0.25, 0.3) is 11.5 Å².